The Kier molecular flexibility index (Phi) is 3.44. The highest BCUT2D eigenvalue weighted by Crippen LogP contribution is 2.32. The van der Waals surface area contributed by atoms with E-state index in [0.717, 1.165) is 29.3 Å². The average molecular weight is 275 g/mol. The molecule has 2 aromatic rings. The van der Waals surface area contributed by atoms with Gasteiger partial charge in [-0.25, -0.2) is 9.37 Å². The first kappa shape index (κ1) is 13.1. The molecule has 0 spiro atoms. The van der Waals surface area contributed by atoms with Crippen LogP contribution in [-0.4, -0.2) is 16.2 Å². The molecule has 0 fully saturated rings. The monoisotopic (exact) mass is 275 g/mol. The highest BCUT2D eigenvalue weighted by molar-refractivity contribution is 5.38. The van der Waals surface area contributed by atoms with Crippen LogP contribution in [-0.2, 0) is 13.6 Å². The maximum Gasteiger partial charge on any atom is 0.124 e. The number of aryl methyl sites for hydroxylation is 1. The van der Waals surface area contributed by atoms with Crippen LogP contribution in [0.25, 0.3) is 0 Å². The van der Waals surface area contributed by atoms with E-state index in [1.165, 1.54) is 6.07 Å². The molecule has 0 radical (unpaired) electrons. The quantitative estimate of drug-likeness (QED) is 0.935. The lowest BCUT2D eigenvalue weighted by atomic mass is 10.0. The Morgan fingerprint density at radius 3 is 3.10 bits per heavy atom. The van der Waals surface area contributed by atoms with Crippen molar-refractivity contribution >= 4 is 0 Å². The van der Waals surface area contributed by atoms with Gasteiger partial charge in [0, 0.05) is 37.8 Å². The molecule has 1 atom stereocenters. The number of rotatable bonds is 3. The van der Waals surface area contributed by atoms with Gasteiger partial charge in [0.15, 0.2) is 0 Å². The molecule has 5 heteroatoms. The minimum atomic E-state index is -0.225. The van der Waals surface area contributed by atoms with Gasteiger partial charge in [-0.1, -0.05) is 0 Å². The molecule has 106 valence electrons. The maximum atomic E-state index is 13.4. The lowest BCUT2D eigenvalue weighted by Crippen LogP contribution is -2.27. The average Bonchev–Trinajstić information content (AvgIpc) is 2.76. The van der Waals surface area contributed by atoms with Crippen molar-refractivity contribution in [2.24, 2.45) is 7.05 Å². The molecule has 1 aliphatic heterocycles. The zero-order valence-corrected chi connectivity index (χ0v) is 11.7. The second kappa shape index (κ2) is 5.25. The molecule has 2 heterocycles. The Labute approximate surface area is 117 Å². The molecule has 0 amide bonds. The van der Waals surface area contributed by atoms with Crippen molar-refractivity contribution in [1.82, 2.24) is 14.9 Å². The van der Waals surface area contributed by atoms with Crippen molar-refractivity contribution in [2.75, 3.05) is 6.61 Å². The zero-order chi connectivity index (χ0) is 14.1. The summed E-state index contributed by atoms with van der Waals surface area (Å²) in [7, 11) is 2.00. The summed E-state index contributed by atoms with van der Waals surface area (Å²) < 4.78 is 21.0. The van der Waals surface area contributed by atoms with Crippen LogP contribution in [0.3, 0.4) is 0 Å². The third-order valence-electron chi connectivity index (χ3n) is 3.86. The Morgan fingerprint density at radius 1 is 1.50 bits per heavy atom. The van der Waals surface area contributed by atoms with Gasteiger partial charge in [0.05, 0.1) is 12.3 Å². The molecule has 0 aliphatic carbocycles. The molecule has 1 aromatic heterocycles. The van der Waals surface area contributed by atoms with Crippen molar-refractivity contribution in [3.05, 3.63) is 47.3 Å². The summed E-state index contributed by atoms with van der Waals surface area (Å²) in [5, 5.41) is 3.47. The van der Waals surface area contributed by atoms with Gasteiger partial charge in [-0.2, -0.15) is 0 Å². The van der Waals surface area contributed by atoms with E-state index in [9.17, 15) is 4.39 Å². The number of hydrogen-bond donors (Lipinski definition) is 1. The fourth-order valence-electron chi connectivity index (χ4n) is 2.52. The van der Waals surface area contributed by atoms with E-state index in [-0.39, 0.29) is 11.9 Å². The predicted octanol–water partition coefficient (Wildman–Crippen LogP) is 2.48. The molecular formula is C15H18FN3O. The molecule has 20 heavy (non-hydrogen) atoms. The Morgan fingerprint density at radius 2 is 2.35 bits per heavy atom. The van der Waals surface area contributed by atoms with Gasteiger partial charge in [0.1, 0.15) is 17.4 Å². The van der Waals surface area contributed by atoms with Crippen LogP contribution < -0.4 is 10.1 Å². The predicted molar refractivity (Wildman–Crippen MR) is 74.0 cm³/mol. The van der Waals surface area contributed by atoms with E-state index in [1.807, 2.05) is 20.2 Å². The van der Waals surface area contributed by atoms with Gasteiger partial charge in [-0.3, -0.25) is 0 Å². The normalized spacial score (nSPS) is 17.6. The van der Waals surface area contributed by atoms with Crippen molar-refractivity contribution in [1.29, 1.82) is 0 Å². The summed E-state index contributed by atoms with van der Waals surface area (Å²) in [4.78, 5) is 4.28. The highest BCUT2D eigenvalue weighted by atomic mass is 19.1. The Hall–Kier alpha value is -1.88. The van der Waals surface area contributed by atoms with Gasteiger partial charge in [-0.15, -0.1) is 0 Å². The fraction of sp³-hybridized carbons (Fsp3) is 0.400. The van der Waals surface area contributed by atoms with Crippen molar-refractivity contribution in [3.8, 4) is 5.75 Å². The molecule has 4 nitrogen and oxygen atoms in total. The van der Waals surface area contributed by atoms with Crippen LogP contribution >= 0.6 is 0 Å². The number of halogens is 1. The summed E-state index contributed by atoms with van der Waals surface area (Å²) in [5.41, 5.74) is 2.02. The molecule has 0 bridgehead atoms. The van der Waals surface area contributed by atoms with E-state index >= 15 is 0 Å². The first-order valence-electron chi connectivity index (χ1n) is 6.78. The van der Waals surface area contributed by atoms with Gasteiger partial charge in [0.25, 0.3) is 0 Å². The van der Waals surface area contributed by atoms with Crippen LogP contribution in [0.2, 0.25) is 0 Å². The maximum absolute atomic E-state index is 13.4. The summed E-state index contributed by atoms with van der Waals surface area (Å²) in [6, 6.07) is 4.81. The minimum Gasteiger partial charge on any atom is -0.493 e. The number of ether oxygens (including phenoxy) is 1. The van der Waals surface area contributed by atoms with E-state index in [0.29, 0.717) is 13.2 Å². The first-order chi connectivity index (χ1) is 9.65. The van der Waals surface area contributed by atoms with Crippen molar-refractivity contribution < 1.29 is 9.13 Å². The number of hydrogen-bond acceptors (Lipinski definition) is 3. The molecule has 1 unspecified atom stereocenters. The fourth-order valence-corrected chi connectivity index (χ4v) is 2.52. The molecule has 0 saturated carbocycles. The second-order valence-corrected chi connectivity index (χ2v) is 5.11. The molecule has 1 aromatic carbocycles. The largest absolute Gasteiger partial charge is 0.493 e. The number of benzene rings is 1. The molecular weight excluding hydrogens is 257 g/mol. The minimum absolute atomic E-state index is 0.115. The smallest absolute Gasteiger partial charge is 0.124 e. The van der Waals surface area contributed by atoms with Crippen molar-refractivity contribution in [2.45, 2.75) is 25.9 Å². The number of nitrogens with one attached hydrogen (secondary N) is 1. The standard InChI is InChI=1S/C15H18FN3O/c1-10-17-8-12(19(10)2)9-18-14-5-6-20-15-4-3-11(16)7-13(14)15/h3-4,7-8,14,18H,5-6,9H2,1-2H3. The lowest BCUT2D eigenvalue weighted by Gasteiger charge is -2.26. The van der Waals surface area contributed by atoms with E-state index < -0.39 is 0 Å². The summed E-state index contributed by atoms with van der Waals surface area (Å²) >= 11 is 0. The number of fused-ring (bicyclic) bond motifs is 1. The first-order valence-corrected chi connectivity index (χ1v) is 6.78. The third-order valence-corrected chi connectivity index (χ3v) is 3.86. The Balaban J connectivity index is 1.76. The molecule has 1 N–H and O–H groups in total. The van der Waals surface area contributed by atoms with Crippen molar-refractivity contribution in [3.63, 3.8) is 0 Å². The summed E-state index contributed by atoms with van der Waals surface area (Å²) in [6.45, 7) is 3.33. The number of nitrogens with zero attached hydrogens (tertiary/aromatic N) is 2. The number of imidazole rings is 1. The van der Waals surface area contributed by atoms with Crippen LogP contribution in [0.4, 0.5) is 4.39 Å². The zero-order valence-electron chi connectivity index (χ0n) is 11.7. The summed E-state index contributed by atoms with van der Waals surface area (Å²) in [5.74, 6) is 1.54. The SMILES string of the molecule is Cc1ncc(CNC2CCOc3ccc(F)cc32)n1C. The second-order valence-electron chi connectivity index (χ2n) is 5.11. The van der Waals surface area contributed by atoms with Gasteiger partial charge >= 0.3 is 0 Å². The van der Waals surface area contributed by atoms with Crippen LogP contribution in [0.1, 0.15) is 29.5 Å². The van der Waals surface area contributed by atoms with Crippen LogP contribution in [0.15, 0.2) is 24.4 Å². The van der Waals surface area contributed by atoms with Gasteiger partial charge in [-0.05, 0) is 25.1 Å². The topological polar surface area (TPSA) is 39.1 Å². The number of aromatic nitrogens is 2. The van der Waals surface area contributed by atoms with Crippen LogP contribution in [0, 0.1) is 12.7 Å². The lowest BCUT2D eigenvalue weighted by molar-refractivity contribution is 0.251. The molecule has 0 saturated heterocycles. The van der Waals surface area contributed by atoms with E-state index in [1.54, 1.807) is 12.1 Å². The van der Waals surface area contributed by atoms with Gasteiger partial charge in [0.2, 0.25) is 0 Å². The van der Waals surface area contributed by atoms with E-state index in [4.69, 9.17) is 4.74 Å². The Bertz CT molecular complexity index is 624. The molecule has 3 rings (SSSR count). The van der Waals surface area contributed by atoms with Crippen LogP contribution in [0.5, 0.6) is 5.75 Å². The highest BCUT2D eigenvalue weighted by Gasteiger charge is 2.21. The molecule has 1 aliphatic rings. The van der Waals surface area contributed by atoms with Gasteiger partial charge < -0.3 is 14.6 Å². The van der Waals surface area contributed by atoms with E-state index in [2.05, 4.69) is 14.9 Å². The summed E-state index contributed by atoms with van der Waals surface area (Å²) in [6.07, 6.45) is 2.71. The third kappa shape index (κ3) is 2.41.